The van der Waals surface area contributed by atoms with Gasteiger partial charge in [0.25, 0.3) is 5.91 Å². The van der Waals surface area contributed by atoms with Gasteiger partial charge in [-0.2, -0.15) is 0 Å². The maximum atomic E-state index is 13.3. The minimum absolute atomic E-state index is 0.0516. The van der Waals surface area contributed by atoms with Crippen molar-refractivity contribution in [3.63, 3.8) is 0 Å². The summed E-state index contributed by atoms with van der Waals surface area (Å²) in [5.74, 6) is -1.94. The molecule has 5 heteroatoms. The molecule has 0 heterocycles. The van der Waals surface area contributed by atoms with E-state index in [1.54, 1.807) is 24.3 Å². The number of nitrogens with one attached hydrogen (secondary N) is 1. The topological polar surface area (TPSA) is 29.1 Å². The predicted octanol–water partition coefficient (Wildman–Crippen LogP) is 3.98. The van der Waals surface area contributed by atoms with Gasteiger partial charge in [-0.05, 0) is 36.4 Å². The SMILES string of the molecule is O=C(Nc1ccc(F)cc1F)c1ccc(Br)cc1. The van der Waals surface area contributed by atoms with E-state index < -0.39 is 17.5 Å². The third-order valence-corrected chi connectivity index (χ3v) is 2.81. The summed E-state index contributed by atoms with van der Waals surface area (Å²) < 4.78 is 26.9. The first-order chi connectivity index (χ1) is 8.56. The monoisotopic (exact) mass is 311 g/mol. The molecule has 0 unspecified atom stereocenters. The van der Waals surface area contributed by atoms with Crippen LogP contribution in [0.3, 0.4) is 0 Å². The highest BCUT2D eigenvalue weighted by Crippen LogP contribution is 2.17. The van der Waals surface area contributed by atoms with Crippen molar-refractivity contribution in [1.82, 2.24) is 0 Å². The van der Waals surface area contributed by atoms with E-state index in [4.69, 9.17) is 0 Å². The number of hydrogen-bond donors (Lipinski definition) is 1. The zero-order valence-corrected chi connectivity index (χ0v) is 10.7. The minimum atomic E-state index is -0.805. The average Bonchev–Trinajstić information content (AvgIpc) is 2.33. The summed E-state index contributed by atoms with van der Waals surface area (Å²) in [6.45, 7) is 0. The molecule has 0 atom stereocenters. The molecule has 2 aromatic rings. The normalized spacial score (nSPS) is 10.2. The number of rotatable bonds is 2. The summed E-state index contributed by atoms with van der Waals surface area (Å²) in [6.07, 6.45) is 0. The fraction of sp³-hybridized carbons (Fsp3) is 0. The first-order valence-electron chi connectivity index (χ1n) is 5.08. The van der Waals surface area contributed by atoms with Crippen molar-refractivity contribution in [3.8, 4) is 0 Å². The standard InChI is InChI=1S/C13H8BrF2NO/c14-9-3-1-8(2-4-9)13(18)17-12-6-5-10(15)7-11(12)16/h1-7H,(H,17,18). The molecule has 0 radical (unpaired) electrons. The van der Waals surface area contributed by atoms with Crippen LogP contribution >= 0.6 is 15.9 Å². The second-order valence-electron chi connectivity index (χ2n) is 3.59. The highest BCUT2D eigenvalue weighted by molar-refractivity contribution is 9.10. The Morgan fingerprint density at radius 1 is 1.06 bits per heavy atom. The fourth-order valence-electron chi connectivity index (χ4n) is 1.39. The molecule has 0 aliphatic heterocycles. The maximum Gasteiger partial charge on any atom is 0.255 e. The Balaban J connectivity index is 2.18. The van der Waals surface area contributed by atoms with Gasteiger partial charge in [0.05, 0.1) is 5.69 Å². The summed E-state index contributed by atoms with van der Waals surface area (Å²) in [6, 6.07) is 9.59. The maximum absolute atomic E-state index is 13.3. The van der Waals surface area contributed by atoms with E-state index in [-0.39, 0.29) is 5.69 Å². The molecule has 0 aliphatic carbocycles. The van der Waals surface area contributed by atoms with Gasteiger partial charge < -0.3 is 5.32 Å². The molecule has 0 bridgehead atoms. The summed E-state index contributed by atoms with van der Waals surface area (Å²) in [7, 11) is 0. The second kappa shape index (κ2) is 5.27. The number of carbonyl (C=O) groups is 1. The lowest BCUT2D eigenvalue weighted by Gasteiger charge is -2.06. The third kappa shape index (κ3) is 2.92. The van der Waals surface area contributed by atoms with Crippen LogP contribution in [0, 0.1) is 11.6 Å². The third-order valence-electron chi connectivity index (χ3n) is 2.29. The van der Waals surface area contributed by atoms with Gasteiger partial charge in [-0.15, -0.1) is 0 Å². The summed E-state index contributed by atoms with van der Waals surface area (Å²) in [4.78, 5) is 11.8. The summed E-state index contributed by atoms with van der Waals surface area (Å²) >= 11 is 3.25. The van der Waals surface area contributed by atoms with Gasteiger partial charge in [0.2, 0.25) is 0 Å². The summed E-state index contributed by atoms with van der Waals surface area (Å²) in [5.41, 5.74) is 0.339. The van der Waals surface area contributed by atoms with Crippen molar-refractivity contribution >= 4 is 27.5 Å². The van der Waals surface area contributed by atoms with E-state index in [9.17, 15) is 13.6 Å². The zero-order valence-electron chi connectivity index (χ0n) is 9.08. The Kier molecular flexibility index (Phi) is 3.72. The molecule has 0 saturated heterocycles. The van der Waals surface area contributed by atoms with Gasteiger partial charge in [0.1, 0.15) is 11.6 Å². The zero-order chi connectivity index (χ0) is 13.1. The van der Waals surface area contributed by atoms with Crippen molar-refractivity contribution in [2.24, 2.45) is 0 Å². The van der Waals surface area contributed by atoms with Crippen molar-refractivity contribution in [2.45, 2.75) is 0 Å². The molecule has 2 nitrogen and oxygen atoms in total. The lowest BCUT2D eigenvalue weighted by Crippen LogP contribution is -2.12. The molecule has 0 aliphatic rings. The summed E-state index contributed by atoms with van der Waals surface area (Å²) in [5, 5.41) is 2.38. The van der Waals surface area contributed by atoms with Gasteiger partial charge in [-0.3, -0.25) is 4.79 Å². The highest BCUT2D eigenvalue weighted by atomic mass is 79.9. The van der Waals surface area contributed by atoms with Crippen LogP contribution in [-0.2, 0) is 0 Å². The van der Waals surface area contributed by atoms with Crippen LogP contribution < -0.4 is 5.32 Å². The fourth-order valence-corrected chi connectivity index (χ4v) is 1.65. The van der Waals surface area contributed by atoms with Crippen LogP contribution in [-0.4, -0.2) is 5.91 Å². The smallest absolute Gasteiger partial charge is 0.255 e. The Labute approximate surface area is 111 Å². The van der Waals surface area contributed by atoms with E-state index >= 15 is 0 Å². The number of amides is 1. The minimum Gasteiger partial charge on any atom is -0.319 e. The van der Waals surface area contributed by atoms with Gasteiger partial charge in [0.15, 0.2) is 0 Å². The van der Waals surface area contributed by atoms with E-state index in [1.165, 1.54) is 6.07 Å². The highest BCUT2D eigenvalue weighted by Gasteiger charge is 2.09. The molecule has 0 spiro atoms. The molecule has 18 heavy (non-hydrogen) atoms. The largest absolute Gasteiger partial charge is 0.319 e. The molecule has 0 saturated carbocycles. The molecule has 92 valence electrons. The van der Waals surface area contributed by atoms with Gasteiger partial charge in [-0.25, -0.2) is 8.78 Å². The molecular formula is C13H8BrF2NO. The number of anilines is 1. The number of benzene rings is 2. The Hall–Kier alpha value is -1.75. The van der Waals surface area contributed by atoms with Crippen LogP contribution in [0.4, 0.5) is 14.5 Å². The van der Waals surface area contributed by atoms with Crippen molar-refractivity contribution < 1.29 is 13.6 Å². The van der Waals surface area contributed by atoms with Crippen molar-refractivity contribution in [1.29, 1.82) is 0 Å². The van der Waals surface area contributed by atoms with Crippen LogP contribution in [0.5, 0.6) is 0 Å². The first-order valence-corrected chi connectivity index (χ1v) is 5.87. The van der Waals surface area contributed by atoms with Crippen LogP contribution in [0.15, 0.2) is 46.9 Å². The predicted molar refractivity (Wildman–Crippen MR) is 68.5 cm³/mol. The quantitative estimate of drug-likeness (QED) is 0.893. The molecule has 2 aromatic carbocycles. The lowest BCUT2D eigenvalue weighted by atomic mass is 10.2. The Bertz CT molecular complexity index is 584. The average molecular weight is 312 g/mol. The van der Waals surface area contributed by atoms with E-state index in [0.717, 1.165) is 16.6 Å². The van der Waals surface area contributed by atoms with E-state index in [0.29, 0.717) is 5.56 Å². The van der Waals surface area contributed by atoms with E-state index in [1.807, 2.05) is 0 Å². The van der Waals surface area contributed by atoms with Gasteiger partial charge >= 0.3 is 0 Å². The van der Waals surface area contributed by atoms with Gasteiger partial charge in [-0.1, -0.05) is 15.9 Å². The van der Waals surface area contributed by atoms with Crippen molar-refractivity contribution in [3.05, 3.63) is 64.1 Å². The molecule has 0 fully saturated rings. The number of hydrogen-bond acceptors (Lipinski definition) is 1. The second-order valence-corrected chi connectivity index (χ2v) is 4.50. The molecule has 1 amide bonds. The molecule has 0 aromatic heterocycles. The van der Waals surface area contributed by atoms with Crippen molar-refractivity contribution in [2.75, 3.05) is 5.32 Å². The Morgan fingerprint density at radius 2 is 1.72 bits per heavy atom. The first kappa shape index (κ1) is 12.7. The van der Waals surface area contributed by atoms with Crippen LogP contribution in [0.25, 0.3) is 0 Å². The molecule has 1 N–H and O–H groups in total. The van der Waals surface area contributed by atoms with Crippen LogP contribution in [0.1, 0.15) is 10.4 Å². The number of carbonyl (C=O) groups excluding carboxylic acids is 1. The van der Waals surface area contributed by atoms with Crippen LogP contribution in [0.2, 0.25) is 0 Å². The van der Waals surface area contributed by atoms with Gasteiger partial charge in [0, 0.05) is 16.1 Å². The van der Waals surface area contributed by atoms with E-state index in [2.05, 4.69) is 21.2 Å². The molecular weight excluding hydrogens is 304 g/mol. The number of halogens is 3. The molecule has 2 rings (SSSR count). The lowest BCUT2D eigenvalue weighted by molar-refractivity contribution is 0.102. The Morgan fingerprint density at radius 3 is 2.33 bits per heavy atom.